The first-order valence-electron chi connectivity index (χ1n) is 7.17. The molecular weight excluding hydrogens is 415 g/mol. The van der Waals surface area contributed by atoms with Gasteiger partial charge in [-0.25, -0.2) is 0 Å². The fourth-order valence-electron chi connectivity index (χ4n) is 1.77. The Balaban J connectivity index is 0.000000203. The summed E-state index contributed by atoms with van der Waals surface area (Å²) in [6, 6.07) is 26.2. The van der Waals surface area contributed by atoms with Gasteiger partial charge in [0, 0.05) is 25.6 Å². The zero-order chi connectivity index (χ0) is 16.5. The van der Waals surface area contributed by atoms with Crippen LogP contribution in [0.25, 0.3) is 0 Å². The second-order valence-corrected chi connectivity index (χ2v) is 7.19. The molecule has 4 N–H and O–H groups in total. The van der Waals surface area contributed by atoms with Crippen molar-refractivity contribution in [3.63, 3.8) is 0 Å². The molecule has 0 spiro atoms. The van der Waals surface area contributed by atoms with Gasteiger partial charge < -0.3 is 11.5 Å². The first kappa shape index (κ1) is 17.7. The van der Waals surface area contributed by atoms with Gasteiger partial charge in [-0.15, -0.1) is 11.8 Å². The highest BCUT2D eigenvalue weighted by molar-refractivity contribution is 14.1. The van der Waals surface area contributed by atoms with E-state index >= 15 is 0 Å². The van der Waals surface area contributed by atoms with Crippen LogP contribution < -0.4 is 11.5 Å². The van der Waals surface area contributed by atoms with Crippen LogP contribution >= 0.6 is 34.4 Å². The highest BCUT2D eigenvalue weighted by atomic mass is 127. The van der Waals surface area contributed by atoms with Gasteiger partial charge in [-0.3, -0.25) is 0 Å². The van der Waals surface area contributed by atoms with Gasteiger partial charge >= 0.3 is 0 Å². The van der Waals surface area contributed by atoms with E-state index in [2.05, 4.69) is 59.0 Å². The van der Waals surface area contributed by atoms with Gasteiger partial charge in [-0.2, -0.15) is 0 Å². The molecule has 0 bridgehead atoms. The van der Waals surface area contributed by atoms with Crippen LogP contribution in [0.15, 0.2) is 83.8 Å². The number of hydrogen-bond donors (Lipinski definition) is 2. The van der Waals surface area contributed by atoms with Crippen LogP contribution in [0.4, 0.5) is 11.4 Å². The summed E-state index contributed by atoms with van der Waals surface area (Å²) >= 11 is 4.07. The smallest absolute Gasteiger partial charge is 0.0314 e. The van der Waals surface area contributed by atoms with Crippen LogP contribution in [0.3, 0.4) is 0 Å². The predicted octanol–water partition coefficient (Wildman–Crippen LogP) is 5.43. The molecule has 0 radical (unpaired) electrons. The van der Waals surface area contributed by atoms with E-state index in [-0.39, 0.29) is 0 Å². The van der Waals surface area contributed by atoms with Gasteiger partial charge in [-0.05, 0) is 76.7 Å². The second kappa shape index (κ2) is 9.47. The normalized spacial score (nSPS) is 9.78. The van der Waals surface area contributed by atoms with Crippen molar-refractivity contribution in [3.8, 4) is 0 Å². The van der Waals surface area contributed by atoms with Crippen LogP contribution in [0.2, 0.25) is 0 Å². The molecule has 0 atom stereocenters. The molecule has 0 aromatic heterocycles. The van der Waals surface area contributed by atoms with Crippen molar-refractivity contribution in [2.45, 2.75) is 10.6 Å². The van der Waals surface area contributed by atoms with Gasteiger partial charge in [-0.1, -0.05) is 30.3 Å². The maximum atomic E-state index is 5.62. The zero-order valence-corrected chi connectivity index (χ0v) is 15.6. The molecule has 0 aliphatic heterocycles. The highest BCUT2D eigenvalue weighted by Gasteiger charge is 1.95. The van der Waals surface area contributed by atoms with E-state index in [0.29, 0.717) is 0 Å². The Bertz CT molecular complexity index is 677. The second-order valence-electron chi connectivity index (χ2n) is 4.89. The molecular formula is C19H19IN2S. The standard InChI is InChI=1S/C13H13NS.C6H6IN/c14-12-6-8-13(9-7-12)15-10-11-4-2-1-3-5-11;7-5-1-3-6(8)4-2-5/h1-9H,10,14H2;1-4H,8H2. The number of hydrogen-bond acceptors (Lipinski definition) is 3. The van der Waals surface area contributed by atoms with Crippen molar-refractivity contribution in [2.75, 3.05) is 11.5 Å². The lowest BCUT2D eigenvalue weighted by molar-refractivity contribution is 1.38. The lowest BCUT2D eigenvalue weighted by Crippen LogP contribution is -1.83. The first-order chi connectivity index (χ1) is 11.1. The number of benzene rings is 3. The van der Waals surface area contributed by atoms with Crippen LogP contribution in [0, 0.1) is 3.57 Å². The Morgan fingerprint density at radius 1 is 0.696 bits per heavy atom. The molecule has 0 heterocycles. The lowest BCUT2D eigenvalue weighted by atomic mass is 10.2. The van der Waals surface area contributed by atoms with Crippen LogP contribution in [-0.4, -0.2) is 0 Å². The van der Waals surface area contributed by atoms with Crippen LogP contribution in [-0.2, 0) is 5.75 Å². The summed E-state index contributed by atoms with van der Waals surface area (Å²) in [7, 11) is 0. The molecule has 3 rings (SSSR count). The Morgan fingerprint density at radius 2 is 1.22 bits per heavy atom. The Kier molecular flexibility index (Phi) is 7.29. The van der Waals surface area contributed by atoms with E-state index in [0.717, 1.165) is 17.1 Å². The number of nitrogen functional groups attached to an aromatic ring is 2. The molecule has 0 saturated heterocycles. The Labute approximate surface area is 155 Å². The summed E-state index contributed by atoms with van der Waals surface area (Å²) in [5.41, 5.74) is 14.0. The van der Waals surface area contributed by atoms with Crippen molar-refractivity contribution in [3.05, 3.63) is 88.0 Å². The summed E-state index contributed by atoms with van der Waals surface area (Å²) < 4.78 is 1.22. The predicted molar refractivity (Wildman–Crippen MR) is 110 cm³/mol. The maximum Gasteiger partial charge on any atom is 0.0314 e. The Morgan fingerprint density at radius 3 is 1.74 bits per heavy atom. The third-order valence-electron chi connectivity index (χ3n) is 3.00. The lowest BCUT2D eigenvalue weighted by Gasteiger charge is -2.02. The Hall–Kier alpha value is -1.66. The topological polar surface area (TPSA) is 52.0 Å². The average molecular weight is 434 g/mol. The van der Waals surface area contributed by atoms with Crippen molar-refractivity contribution < 1.29 is 0 Å². The minimum absolute atomic E-state index is 0.819. The minimum Gasteiger partial charge on any atom is -0.399 e. The number of rotatable bonds is 3. The SMILES string of the molecule is Nc1ccc(I)cc1.Nc1ccc(SCc2ccccc2)cc1. The molecule has 4 heteroatoms. The molecule has 118 valence electrons. The number of anilines is 2. The zero-order valence-electron chi connectivity index (χ0n) is 12.7. The fourth-order valence-corrected chi connectivity index (χ4v) is 2.98. The van der Waals surface area contributed by atoms with E-state index in [4.69, 9.17) is 11.5 Å². The van der Waals surface area contributed by atoms with Crippen LogP contribution in [0.1, 0.15) is 5.56 Å². The van der Waals surface area contributed by atoms with Gasteiger partial charge in [0.25, 0.3) is 0 Å². The van der Waals surface area contributed by atoms with E-state index in [1.54, 1.807) is 0 Å². The monoisotopic (exact) mass is 434 g/mol. The number of thioether (sulfide) groups is 1. The average Bonchev–Trinajstić information content (AvgIpc) is 2.59. The van der Waals surface area contributed by atoms with Gasteiger partial charge in [0.1, 0.15) is 0 Å². The summed E-state index contributed by atoms with van der Waals surface area (Å²) in [4.78, 5) is 1.26. The molecule has 3 aromatic rings. The van der Waals surface area contributed by atoms with Crippen molar-refractivity contribution in [1.82, 2.24) is 0 Å². The summed E-state index contributed by atoms with van der Waals surface area (Å²) in [6.07, 6.45) is 0. The molecule has 3 aromatic carbocycles. The van der Waals surface area contributed by atoms with E-state index in [1.165, 1.54) is 14.0 Å². The minimum atomic E-state index is 0.819. The van der Waals surface area contributed by atoms with Crippen molar-refractivity contribution >= 4 is 45.7 Å². The van der Waals surface area contributed by atoms with E-state index < -0.39 is 0 Å². The first-order valence-corrected chi connectivity index (χ1v) is 9.23. The molecule has 0 aliphatic rings. The molecule has 0 saturated carbocycles. The molecule has 0 unspecified atom stereocenters. The summed E-state index contributed by atoms with van der Waals surface area (Å²) in [6.45, 7) is 0. The van der Waals surface area contributed by atoms with E-state index in [1.807, 2.05) is 54.2 Å². The van der Waals surface area contributed by atoms with Gasteiger partial charge in [0.2, 0.25) is 0 Å². The fraction of sp³-hybridized carbons (Fsp3) is 0.0526. The largest absolute Gasteiger partial charge is 0.399 e. The van der Waals surface area contributed by atoms with Gasteiger partial charge in [0.05, 0.1) is 0 Å². The van der Waals surface area contributed by atoms with E-state index in [9.17, 15) is 0 Å². The highest BCUT2D eigenvalue weighted by Crippen LogP contribution is 2.23. The third-order valence-corrected chi connectivity index (χ3v) is 4.80. The number of nitrogens with two attached hydrogens (primary N) is 2. The van der Waals surface area contributed by atoms with Crippen molar-refractivity contribution in [2.24, 2.45) is 0 Å². The van der Waals surface area contributed by atoms with Crippen LogP contribution in [0.5, 0.6) is 0 Å². The van der Waals surface area contributed by atoms with Crippen molar-refractivity contribution in [1.29, 1.82) is 0 Å². The third kappa shape index (κ3) is 6.97. The van der Waals surface area contributed by atoms with Gasteiger partial charge in [0.15, 0.2) is 0 Å². The molecule has 0 aliphatic carbocycles. The quantitative estimate of drug-likeness (QED) is 0.328. The summed E-state index contributed by atoms with van der Waals surface area (Å²) in [5, 5.41) is 0. The number of halogens is 1. The molecule has 2 nitrogen and oxygen atoms in total. The summed E-state index contributed by atoms with van der Waals surface area (Å²) in [5.74, 6) is 1.00. The molecule has 23 heavy (non-hydrogen) atoms. The molecule has 0 amide bonds. The molecule has 0 fully saturated rings. The maximum absolute atomic E-state index is 5.62.